The number of thiocarbonyl (C=S) groups is 1. The lowest BCUT2D eigenvalue weighted by Crippen LogP contribution is -2.48. The standard InChI is InChI=1S/C13H19N3S/c1-15-7-9-16(10-8-15)12(13(14)17)11-5-3-2-4-6-11/h2-6,12H,7-10H2,1H3,(H2,14,17). The summed E-state index contributed by atoms with van der Waals surface area (Å²) in [4.78, 5) is 5.27. The largest absolute Gasteiger partial charge is 0.392 e. The molecule has 17 heavy (non-hydrogen) atoms. The lowest BCUT2D eigenvalue weighted by Gasteiger charge is -2.37. The van der Waals surface area contributed by atoms with Crippen molar-refractivity contribution < 1.29 is 0 Å². The van der Waals surface area contributed by atoms with E-state index in [1.165, 1.54) is 5.56 Å². The quantitative estimate of drug-likeness (QED) is 0.818. The third-order valence-electron chi connectivity index (χ3n) is 3.29. The van der Waals surface area contributed by atoms with Crippen molar-refractivity contribution in [2.24, 2.45) is 5.73 Å². The Morgan fingerprint density at radius 3 is 2.29 bits per heavy atom. The van der Waals surface area contributed by atoms with Crippen LogP contribution in [0.1, 0.15) is 11.6 Å². The van der Waals surface area contributed by atoms with Gasteiger partial charge in [0, 0.05) is 26.2 Å². The molecule has 0 aromatic heterocycles. The molecule has 2 rings (SSSR count). The molecule has 2 N–H and O–H groups in total. The van der Waals surface area contributed by atoms with Gasteiger partial charge in [-0.2, -0.15) is 0 Å². The summed E-state index contributed by atoms with van der Waals surface area (Å²) >= 11 is 5.23. The van der Waals surface area contributed by atoms with Crippen LogP contribution >= 0.6 is 12.2 Å². The van der Waals surface area contributed by atoms with Gasteiger partial charge < -0.3 is 10.6 Å². The Morgan fingerprint density at radius 1 is 1.18 bits per heavy atom. The fourth-order valence-electron chi connectivity index (χ4n) is 2.27. The van der Waals surface area contributed by atoms with Crippen molar-refractivity contribution in [1.29, 1.82) is 0 Å². The molecule has 3 nitrogen and oxygen atoms in total. The highest BCUT2D eigenvalue weighted by Crippen LogP contribution is 2.22. The first kappa shape index (κ1) is 12.5. The van der Waals surface area contributed by atoms with Gasteiger partial charge in [-0.05, 0) is 12.6 Å². The van der Waals surface area contributed by atoms with Crippen LogP contribution in [-0.4, -0.2) is 48.0 Å². The zero-order chi connectivity index (χ0) is 12.3. The molecule has 1 aromatic carbocycles. The van der Waals surface area contributed by atoms with E-state index in [1.54, 1.807) is 0 Å². The van der Waals surface area contributed by atoms with E-state index in [2.05, 4.69) is 29.0 Å². The van der Waals surface area contributed by atoms with E-state index in [0.717, 1.165) is 26.2 Å². The van der Waals surface area contributed by atoms with Gasteiger partial charge in [-0.3, -0.25) is 4.90 Å². The van der Waals surface area contributed by atoms with Crippen LogP contribution in [0.25, 0.3) is 0 Å². The number of likely N-dealkylation sites (N-methyl/N-ethyl adjacent to an activating group) is 1. The highest BCUT2D eigenvalue weighted by molar-refractivity contribution is 7.80. The first-order valence-electron chi connectivity index (χ1n) is 5.95. The van der Waals surface area contributed by atoms with Crippen molar-refractivity contribution in [3.63, 3.8) is 0 Å². The molecule has 0 radical (unpaired) electrons. The number of hydrogen-bond acceptors (Lipinski definition) is 3. The molecule has 0 saturated carbocycles. The predicted molar refractivity (Wildman–Crippen MR) is 75.0 cm³/mol. The molecule has 1 aliphatic heterocycles. The molecule has 0 bridgehead atoms. The second kappa shape index (κ2) is 5.58. The Bertz CT molecular complexity index is 372. The van der Waals surface area contributed by atoms with Crippen molar-refractivity contribution in [2.75, 3.05) is 33.2 Å². The fourth-order valence-corrected chi connectivity index (χ4v) is 2.56. The zero-order valence-electron chi connectivity index (χ0n) is 10.2. The van der Waals surface area contributed by atoms with E-state index >= 15 is 0 Å². The Balaban J connectivity index is 2.16. The molecular formula is C13H19N3S. The van der Waals surface area contributed by atoms with Crippen LogP contribution in [0, 0.1) is 0 Å². The van der Waals surface area contributed by atoms with Gasteiger partial charge in [0.25, 0.3) is 0 Å². The molecule has 1 saturated heterocycles. The van der Waals surface area contributed by atoms with E-state index < -0.39 is 0 Å². The van der Waals surface area contributed by atoms with E-state index in [0.29, 0.717) is 4.99 Å². The Kier molecular flexibility index (Phi) is 4.10. The van der Waals surface area contributed by atoms with Crippen molar-refractivity contribution in [1.82, 2.24) is 9.80 Å². The van der Waals surface area contributed by atoms with Crippen LogP contribution in [0.5, 0.6) is 0 Å². The second-order valence-electron chi connectivity index (χ2n) is 4.55. The minimum absolute atomic E-state index is 0.0832. The summed E-state index contributed by atoms with van der Waals surface area (Å²) in [6.45, 7) is 4.19. The SMILES string of the molecule is CN1CCN(C(C(N)=S)c2ccccc2)CC1. The van der Waals surface area contributed by atoms with Crippen molar-refractivity contribution in [2.45, 2.75) is 6.04 Å². The molecule has 1 heterocycles. The highest BCUT2D eigenvalue weighted by Gasteiger charge is 2.25. The minimum atomic E-state index is 0.0832. The smallest absolute Gasteiger partial charge is 0.0948 e. The molecule has 0 amide bonds. The van der Waals surface area contributed by atoms with E-state index in [4.69, 9.17) is 18.0 Å². The maximum atomic E-state index is 5.91. The molecule has 92 valence electrons. The monoisotopic (exact) mass is 249 g/mol. The summed E-state index contributed by atoms with van der Waals surface area (Å²) in [5.41, 5.74) is 7.11. The zero-order valence-corrected chi connectivity index (χ0v) is 11.0. The van der Waals surface area contributed by atoms with Crippen LogP contribution in [0.3, 0.4) is 0 Å². The summed E-state index contributed by atoms with van der Waals surface area (Å²) in [7, 11) is 2.15. The van der Waals surface area contributed by atoms with Gasteiger partial charge in [0.1, 0.15) is 0 Å². The van der Waals surface area contributed by atoms with Gasteiger partial charge in [-0.15, -0.1) is 0 Å². The Labute approximate surface area is 108 Å². The van der Waals surface area contributed by atoms with Crippen LogP contribution in [0.4, 0.5) is 0 Å². The lowest BCUT2D eigenvalue weighted by molar-refractivity contribution is 0.137. The molecule has 1 aliphatic rings. The molecule has 1 fully saturated rings. The maximum absolute atomic E-state index is 5.91. The van der Waals surface area contributed by atoms with Gasteiger partial charge in [0.2, 0.25) is 0 Å². The number of nitrogens with two attached hydrogens (primary N) is 1. The molecular weight excluding hydrogens is 230 g/mol. The van der Waals surface area contributed by atoms with Crippen LogP contribution in [0.15, 0.2) is 30.3 Å². The summed E-state index contributed by atoms with van der Waals surface area (Å²) in [6.07, 6.45) is 0. The van der Waals surface area contributed by atoms with E-state index in [-0.39, 0.29) is 6.04 Å². The number of nitrogens with zero attached hydrogens (tertiary/aromatic N) is 2. The summed E-state index contributed by atoms with van der Waals surface area (Å²) in [5, 5.41) is 0. The number of hydrogen-bond donors (Lipinski definition) is 1. The average molecular weight is 249 g/mol. The predicted octanol–water partition coefficient (Wildman–Crippen LogP) is 1.26. The third kappa shape index (κ3) is 3.03. The van der Waals surface area contributed by atoms with Gasteiger partial charge in [-0.1, -0.05) is 42.5 Å². The minimum Gasteiger partial charge on any atom is -0.392 e. The topological polar surface area (TPSA) is 32.5 Å². The second-order valence-corrected chi connectivity index (χ2v) is 5.03. The number of rotatable bonds is 3. The summed E-state index contributed by atoms with van der Waals surface area (Å²) in [5.74, 6) is 0. The number of benzene rings is 1. The van der Waals surface area contributed by atoms with Crippen molar-refractivity contribution in [3.8, 4) is 0 Å². The van der Waals surface area contributed by atoms with Gasteiger partial charge in [-0.25, -0.2) is 0 Å². The average Bonchev–Trinajstić information content (AvgIpc) is 2.33. The van der Waals surface area contributed by atoms with E-state index in [9.17, 15) is 0 Å². The van der Waals surface area contributed by atoms with Gasteiger partial charge in [0.05, 0.1) is 11.0 Å². The van der Waals surface area contributed by atoms with Crippen LogP contribution < -0.4 is 5.73 Å². The van der Waals surface area contributed by atoms with Crippen molar-refractivity contribution in [3.05, 3.63) is 35.9 Å². The fraction of sp³-hybridized carbons (Fsp3) is 0.462. The third-order valence-corrected chi connectivity index (χ3v) is 3.51. The van der Waals surface area contributed by atoms with Gasteiger partial charge in [0.15, 0.2) is 0 Å². The van der Waals surface area contributed by atoms with E-state index in [1.807, 2.05) is 18.2 Å². The van der Waals surface area contributed by atoms with Crippen LogP contribution in [-0.2, 0) is 0 Å². The summed E-state index contributed by atoms with van der Waals surface area (Å²) in [6, 6.07) is 10.4. The molecule has 1 atom stereocenters. The van der Waals surface area contributed by atoms with Crippen molar-refractivity contribution >= 4 is 17.2 Å². The highest BCUT2D eigenvalue weighted by atomic mass is 32.1. The number of piperazine rings is 1. The summed E-state index contributed by atoms with van der Waals surface area (Å²) < 4.78 is 0. The first-order chi connectivity index (χ1) is 8.18. The van der Waals surface area contributed by atoms with Gasteiger partial charge >= 0.3 is 0 Å². The Morgan fingerprint density at radius 2 is 1.76 bits per heavy atom. The lowest BCUT2D eigenvalue weighted by atomic mass is 10.0. The first-order valence-corrected chi connectivity index (χ1v) is 6.36. The molecule has 0 aliphatic carbocycles. The van der Waals surface area contributed by atoms with Crippen LogP contribution in [0.2, 0.25) is 0 Å². The molecule has 4 heteroatoms. The molecule has 0 spiro atoms. The normalized spacial score (nSPS) is 20.1. The molecule has 1 unspecified atom stereocenters. The Hall–Kier alpha value is -0.970. The maximum Gasteiger partial charge on any atom is 0.0948 e. The molecule has 1 aromatic rings.